The second-order valence-electron chi connectivity index (χ2n) is 5.25. The highest BCUT2D eigenvalue weighted by Gasteiger charge is 2.07. The molecule has 0 radical (unpaired) electrons. The first kappa shape index (κ1) is 13.2. The number of nitrogens with one attached hydrogen (secondary N) is 1. The van der Waals surface area contributed by atoms with Crippen LogP contribution in [0.4, 0.5) is 5.69 Å². The van der Waals surface area contributed by atoms with E-state index in [0.29, 0.717) is 11.6 Å². The number of nitrogens with zero attached hydrogens (tertiary/aromatic N) is 4. The van der Waals surface area contributed by atoms with Crippen LogP contribution in [0.25, 0.3) is 32.9 Å². The summed E-state index contributed by atoms with van der Waals surface area (Å²) in [6, 6.07) is 13.6. The zero-order valence-corrected chi connectivity index (χ0v) is 11.9. The second-order valence-corrected chi connectivity index (χ2v) is 5.25. The lowest BCUT2D eigenvalue weighted by atomic mass is 10.0. The predicted octanol–water partition coefficient (Wildman–Crippen LogP) is 5.30. The van der Waals surface area contributed by atoms with Crippen molar-refractivity contribution in [2.75, 3.05) is 0 Å². The van der Waals surface area contributed by atoms with Crippen molar-refractivity contribution in [1.29, 1.82) is 0 Å². The molecule has 0 saturated heterocycles. The Morgan fingerprint density at radius 2 is 1.90 bits per heavy atom. The molecule has 0 unspecified atom stereocenters. The van der Waals surface area contributed by atoms with E-state index < -0.39 is 0 Å². The van der Waals surface area contributed by atoms with Gasteiger partial charge in [-0.15, -0.1) is 0 Å². The molecule has 3 rings (SSSR count). The van der Waals surface area contributed by atoms with Gasteiger partial charge in [-0.25, -0.2) is 4.98 Å². The van der Waals surface area contributed by atoms with Crippen molar-refractivity contribution in [2.24, 2.45) is 5.11 Å². The summed E-state index contributed by atoms with van der Waals surface area (Å²) in [6.45, 7) is 4.35. The summed E-state index contributed by atoms with van der Waals surface area (Å²) >= 11 is 0. The Bertz CT molecular complexity index is 823. The SMILES string of the molecule is CC(C)c1ccc2nc(-c3ccc(N=[N+]=[N-])cc3)[nH]c2c1. The average molecular weight is 277 g/mol. The van der Waals surface area contributed by atoms with Crippen LogP contribution < -0.4 is 0 Å². The number of hydrogen-bond acceptors (Lipinski definition) is 2. The van der Waals surface area contributed by atoms with E-state index in [1.54, 1.807) is 12.1 Å². The number of rotatable bonds is 3. The molecule has 0 aliphatic heterocycles. The molecule has 0 fully saturated rings. The van der Waals surface area contributed by atoms with Crippen LogP contribution in [0.1, 0.15) is 25.3 Å². The Hall–Kier alpha value is -2.78. The van der Waals surface area contributed by atoms with Crippen LogP contribution in [0.3, 0.4) is 0 Å². The van der Waals surface area contributed by atoms with E-state index in [0.717, 1.165) is 22.4 Å². The first-order chi connectivity index (χ1) is 10.2. The van der Waals surface area contributed by atoms with Gasteiger partial charge in [-0.1, -0.05) is 49.3 Å². The van der Waals surface area contributed by atoms with E-state index in [-0.39, 0.29) is 0 Å². The quantitative estimate of drug-likeness (QED) is 0.394. The highest BCUT2D eigenvalue weighted by Crippen LogP contribution is 2.25. The van der Waals surface area contributed by atoms with Gasteiger partial charge in [0.1, 0.15) is 5.82 Å². The van der Waals surface area contributed by atoms with Gasteiger partial charge in [0.25, 0.3) is 0 Å². The van der Waals surface area contributed by atoms with Gasteiger partial charge in [0.2, 0.25) is 0 Å². The van der Waals surface area contributed by atoms with Gasteiger partial charge in [-0.3, -0.25) is 0 Å². The maximum atomic E-state index is 8.41. The Morgan fingerprint density at radius 1 is 1.14 bits per heavy atom. The molecule has 0 aliphatic rings. The van der Waals surface area contributed by atoms with Crippen LogP contribution in [-0.4, -0.2) is 9.97 Å². The summed E-state index contributed by atoms with van der Waals surface area (Å²) in [5.41, 5.74) is 13.3. The molecule has 0 amide bonds. The van der Waals surface area contributed by atoms with Gasteiger partial charge < -0.3 is 4.98 Å². The summed E-state index contributed by atoms with van der Waals surface area (Å²) < 4.78 is 0. The molecular formula is C16H15N5. The molecular weight excluding hydrogens is 262 g/mol. The molecule has 3 aromatic rings. The third-order valence-electron chi connectivity index (χ3n) is 3.47. The second kappa shape index (κ2) is 5.31. The number of hydrogen-bond donors (Lipinski definition) is 1. The maximum absolute atomic E-state index is 8.41. The van der Waals surface area contributed by atoms with Crippen LogP contribution in [0.15, 0.2) is 47.6 Å². The molecule has 5 heteroatoms. The summed E-state index contributed by atoms with van der Waals surface area (Å²) in [5.74, 6) is 1.31. The van der Waals surface area contributed by atoms with Gasteiger partial charge >= 0.3 is 0 Å². The van der Waals surface area contributed by atoms with Crippen molar-refractivity contribution in [3.63, 3.8) is 0 Å². The minimum Gasteiger partial charge on any atom is -0.338 e. The standard InChI is InChI=1S/C16H15N5/c1-10(2)12-5-8-14-15(9-12)19-16(18-14)11-3-6-13(7-4-11)20-21-17/h3-10H,1-2H3,(H,18,19). The van der Waals surface area contributed by atoms with Crippen LogP contribution in [0.5, 0.6) is 0 Å². The Morgan fingerprint density at radius 3 is 2.57 bits per heavy atom. The number of aromatic amines is 1. The number of H-pyrrole nitrogens is 1. The molecule has 0 aliphatic carbocycles. The normalized spacial score (nSPS) is 10.8. The molecule has 0 saturated carbocycles. The molecule has 0 bridgehead atoms. The van der Waals surface area contributed by atoms with Gasteiger partial charge in [0.05, 0.1) is 11.0 Å². The average Bonchev–Trinajstić information content (AvgIpc) is 2.91. The number of benzene rings is 2. The van der Waals surface area contributed by atoms with Crippen molar-refractivity contribution in [1.82, 2.24) is 9.97 Å². The number of fused-ring (bicyclic) bond motifs is 1. The highest BCUT2D eigenvalue weighted by atomic mass is 15.1. The molecule has 2 aromatic carbocycles. The Balaban J connectivity index is 2.02. The van der Waals surface area contributed by atoms with Crippen LogP contribution in [-0.2, 0) is 0 Å². The van der Waals surface area contributed by atoms with Gasteiger partial charge in [-0.05, 0) is 29.1 Å². The lowest BCUT2D eigenvalue weighted by Crippen LogP contribution is -1.85. The van der Waals surface area contributed by atoms with Crippen LogP contribution in [0, 0.1) is 0 Å². The minimum absolute atomic E-state index is 0.490. The maximum Gasteiger partial charge on any atom is 0.138 e. The van der Waals surface area contributed by atoms with Crippen molar-refractivity contribution in [3.05, 3.63) is 58.5 Å². The van der Waals surface area contributed by atoms with Crippen molar-refractivity contribution >= 4 is 16.7 Å². The van der Waals surface area contributed by atoms with Crippen molar-refractivity contribution in [2.45, 2.75) is 19.8 Å². The van der Waals surface area contributed by atoms with Crippen molar-refractivity contribution < 1.29 is 0 Å². The smallest absolute Gasteiger partial charge is 0.138 e. The largest absolute Gasteiger partial charge is 0.338 e. The van der Waals surface area contributed by atoms with E-state index in [4.69, 9.17) is 5.53 Å². The van der Waals surface area contributed by atoms with Gasteiger partial charge in [0, 0.05) is 16.2 Å². The zero-order valence-electron chi connectivity index (χ0n) is 11.9. The van der Waals surface area contributed by atoms with E-state index >= 15 is 0 Å². The van der Waals surface area contributed by atoms with E-state index in [2.05, 4.69) is 46.0 Å². The molecule has 104 valence electrons. The molecule has 1 heterocycles. The monoisotopic (exact) mass is 277 g/mol. The number of aromatic nitrogens is 2. The lowest BCUT2D eigenvalue weighted by Gasteiger charge is -2.03. The summed E-state index contributed by atoms with van der Waals surface area (Å²) in [7, 11) is 0. The third kappa shape index (κ3) is 2.59. The summed E-state index contributed by atoms with van der Waals surface area (Å²) in [4.78, 5) is 10.7. The number of azide groups is 1. The summed E-state index contributed by atoms with van der Waals surface area (Å²) in [6.07, 6.45) is 0. The fourth-order valence-electron chi connectivity index (χ4n) is 2.26. The lowest BCUT2D eigenvalue weighted by molar-refractivity contribution is 0.868. The molecule has 1 aromatic heterocycles. The van der Waals surface area contributed by atoms with Crippen LogP contribution >= 0.6 is 0 Å². The Kier molecular flexibility index (Phi) is 3.34. The minimum atomic E-state index is 0.490. The van der Waals surface area contributed by atoms with Gasteiger partial charge in [0.15, 0.2) is 0 Å². The highest BCUT2D eigenvalue weighted by molar-refractivity contribution is 5.80. The fourth-order valence-corrected chi connectivity index (χ4v) is 2.26. The molecule has 1 N–H and O–H groups in total. The zero-order chi connectivity index (χ0) is 14.8. The van der Waals surface area contributed by atoms with E-state index in [1.807, 2.05) is 18.2 Å². The van der Waals surface area contributed by atoms with Crippen molar-refractivity contribution in [3.8, 4) is 11.4 Å². The molecule has 5 nitrogen and oxygen atoms in total. The molecule has 21 heavy (non-hydrogen) atoms. The van der Waals surface area contributed by atoms with Crippen LogP contribution in [0.2, 0.25) is 0 Å². The van der Waals surface area contributed by atoms with E-state index in [1.165, 1.54) is 5.56 Å². The number of imidazole rings is 1. The summed E-state index contributed by atoms with van der Waals surface area (Å²) in [5, 5.41) is 3.57. The third-order valence-corrected chi connectivity index (χ3v) is 3.47. The molecule has 0 atom stereocenters. The predicted molar refractivity (Wildman–Crippen MR) is 84.4 cm³/mol. The fraction of sp³-hybridized carbons (Fsp3) is 0.188. The van der Waals surface area contributed by atoms with Gasteiger partial charge in [-0.2, -0.15) is 0 Å². The Labute approximate surface area is 122 Å². The van der Waals surface area contributed by atoms with E-state index in [9.17, 15) is 0 Å². The first-order valence-electron chi connectivity index (χ1n) is 6.82. The molecule has 0 spiro atoms. The first-order valence-corrected chi connectivity index (χ1v) is 6.82. The topological polar surface area (TPSA) is 77.4 Å².